The lowest BCUT2D eigenvalue weighted by Gasteiger charge is -2.17. The highest BCUT2D eigenvalue weighted by atomic mass is 32.2. The Hall–Kier alpha value is -1.28. The second kappa shape index (κ2) is 6.65. The molecule has 1 aromatic rings. The van der Waals surface area contributed by atoms with Gasteiger partial charge in [0.2, 0.25) is 0 Å². The maximum Gasteiger partial charge on any atom is 0.422 e. The van der Waals surface area contributed by atoms with E-state index in [4.69, 9.17) is 0 Å². The molecule has 1 aromatic heterocycles. The zero-order valence-electron chi connectivity index (χ0n) is 12.2. The van der Waals surface area contributed by atoms with E-state index >= 15 is 0 Å². The van der Waals surface area contributed by atoms with Crippen LogP contribution in [0.4, 0.5) is 13.2 Å². The highest BCUT2D eigenvalue weighted by molar-refractivity contribution is 7.91. The van der Waals surface area contributed by atoms with Gasteiger partial charge in [-0.1, -0.05) is 4.40 Å². The predicted octanol–water partition coefficient (Wildman–Crippen LogP) is 3.21. The Morgan fingerprint density at radius 2 is 2.00 bits per heavy atom. The lowest BCUT2D eigenvalue weighted by molar-refractivity contribution is -0.153. The number of hydrogen-bond donors (Lipinski definition) is 0. The summed E-state index contributed by atoms with van der Waals surface area (Å²) in [5.74, 6) is 0.0569. The molecule has 1 unspecified atom stereocenters. The molecule has 4 nitrogen and oxygen atoms in total. The van der Waals surface area contributed by atoms with E-state index in [1.165, 1.54) is 18.5 Å². The third-order valence-electron chi connectivity index (χ3n) is 2.28. The van der Waals surface area contributed by atoms with Crippen LogP contribution in [0, 0.1) is 6.92 Å². The van der Waals surface area contributed by atoms with Crippen molar-refractivity contribution in [2.75, 3.05) is 6.61 Å². The molecule has 0 aliphatic carbocycles. The van der Waals surface area contributed by atoms with Crippen molar-refractivity contribution in [3.63, 3.8) is 0 Å². The molecule has 0 fully saturated rings. The molecule has 0 aliphatic heterocycles. The summed E-state index contributed by atoms with van der Waals surface area (Å²) in [6, 6.07) is 1.52. The standard InChI is InChI=1S/C13H17F3N2O2S/c1-9-5-10(6-18-21(19)12(2,3)4)17-7-11(9)20-8-13(14,15)16/h5-7H,8H2,1-4H3. The average molecular weight is 322 g/mol. The molecule has 1 atom stereocenters. The summed E-state index contributed by atoms with van der Waals surface area (Å²) in [6.07, 6.45) is -1.86. The molecule has 1 heterocycles. The first-order chi connectivity index (χ1) is 9.49. The summed E-state index contributed by atoms with van der Waals surface area (Å²) >= 11 is -1.42. The smallest absolute Gasteiger partial charge is 0.422 e. The molecule has 0 spiro atoms. The van der Waals surface area contributed by atoms with E-state index in [0.717, 1.165) is 0 Å². The predicted molar refractivity (Wildman–Crippen MR) is 76.0 cm³/mol. The van der Waals surface area contributed by atoms with Crippen molar-refractivity contribution in [3.05, 3.63) is 23.5 Å². The van der Waals surface area contributed by atoms with Gasteiger partial charge in [0.05, 0.1) is 11.9 Å². The van der Waals surface area contributed by atoms with Gasteiger partial charge in [0.15, 0.2) is 6.61 Å². The highest BCUT2D eigenvalue weighted by Crippen LogP contribution is 2.21. The third kappa shape index (κ3) is 6.34. The molecular formula is C13H17F3N2O2S. The van der Waals surface area contributed by atoms with Gasteiger partial charge in [-0.2, -0.15) is 13.2 Å². The Morgan fingerprint density at radius 1 is 1.38 bits per heavy atom. The molecule has 8 heteroatoms. The normalized spacial score (nSPS) is 14.5. The lowest BCUT2D eigenvalue weighted by atomic mass is 10.2. The number of hydrogen-bond acceptors (Lipinski definition) is 4. The summed E-state index contributed by atoms with van der Waals surface area (Å²) in [6.45, 7) is 5.59. The van der Waals surface area contributed by atoms with Crippen molar-refractivity contribution in [1.82, 2.24) is 4.98 Å². The molecule has 0 saturated carbocycles. The van der Waals surface area contributed by atoms with Crippen molar-refractivity contribution in [2.24, 2.45) is 4.40 Å². The summed E-state index contributed by atoms with van der Waals surface area (Å²) in [5, 5.41) is 0. The SMILES string of the molecule is Cc1cc(C=N[S+]([O-])C(C)(C)C)ncc1OCC(F)(F)F. The van der Waals surface area contributed by atoms with Crippen LogP contribution in [0.25, 0.3) is 0 Å². The summed E-state index contributed by atoms with van der Waals surface area (Å²) in [5.41, 5.74) is 0.904. The Labute approximate surface area is 124 Å². The molecule has 0 amide bonds. The Kier molecular flexibility index (Phi) is 5.63. The van der Waals surface area contributed by atoms with Gasteiger partial charge in [-0.05, 0) is 39.3 Å². The van der Waals surface area contributed by atoms with Crippen molar-refractivity contribution < 1.29 is 22.5 Å². The van der Waals surface area contributed by atoms with Gasteiger partial charge in [0.25, 0.3) is 0 Å². The number of nitrogens with zero attached hydrogens (tertiary/aromatic N) is 2. The molecule has 0 aromatic carbocycles. The number of pyridine rings is 1. The van der Waals surface area contributed by atoms with Gasteiger partial charge in [-0.15, -0.1) is 0 Å². The molecule has 0 N–H and O–H groups in total. The Balaban J connectivity index is 2.77. The first-order valence-electron chi connectivity index (χ1n) is 6.11. The first-order valence-corrected chi connectivity index (χ1v) is 7.22. The van der Waals surface area contributed by atoms with Gasteiger partial charge in [0, 0.05) is 0 Å². The van der Waals surface area contributed by atoms with Crippen LogP contribution < -0.4 is 4.74 Å². The number of rotatable bonds is 4. The largest absolute Gasteiger partial charge is 0.591 e. The first kappa shape index (κ1) is 17.8. The van der Waals surface area contributed by atoms with Crippen LogP contribution in [-0.4, -0.2) is 33.3 Å². The maximum atomic E-state index is 12.1. The molecule has 21 heavy (non-hydrogen) atoms. The van der Waals surface area contributed by atoms with Gasteiger partial charge in [-0.3, -0.25) is 4.98 Å². The van der Waals surface area contributed by atoms with Crippen molar-refractivity contribution in [1.29, 1.82) is 0 Å². The van der Waals surface area contributed by atoms with Crippen LogP contribution in [0.1, 0.15) is 32.0 Å². The molecular weight excluding hydrogens is 305 g/mol. The Bertz CT molecular complexity index is 513. The monoisotopic (exact) mass is 322 g/mol. The van der Waals surface area contributed by atoms with E-state index in [9.17, 15) is 17.7 Å². The topological polar surface area (TPSA) is 57.5 Å². The van der Waals surface area contributed by atoms with Crippen molar-refractivity contribution in [2.45, 2.75) is 38.6 Å². The summed E-state index contributed by atoms with van der Waals surface area (Å²) in [7, 11) is 0. The van der Waals surface area contributed by atoms with Gasteiger partial charge < -0.3 is 9.29 Å². The second-order valence-corrected chi connectivity index (χ2v) is 7.31. The van der Waals surface area contributed by atoms with E-state index in [1.54, 1.807) is 27.7 Å². The number of alkyl halides is 3. The van der Waals surface area contributed by atoms with Crippen LogP contribution in [0.5, 0.6) is 5.75 Å². The molecule has 118 valence electrons. The fourth-order valence-corrected chi connectivity index (χ4v) is 1.73. The average Bonchev–Trinajstić information content (AvgIpc) is 2.32. The van der Waals surface area contributed by atoms with E-state index < -0.39 is 28.9 Å². The minimum atomic E-state index is -4.39. The van der Waals surface area contributed by atoms with Gasteiger partial charge >= 0.3 is 6.18 Å². The van der Waals surface area contributed by atoms with Crippen LogP contribution in [0.15, 0.2) is 16.7 Å². The van der Waals surface area contributed by atoms with E-state index in [-0.39, 0.29) is 5.75 Å². The van der Waals surface area contributed by atoms with Crippen molar-refractivity contribution in [3.8, 4) is 5.75 Å². The van der Waals surface area contributed by atoms with E-state index in [1.807, 2.05) is 0 Å². The number of ether oxygens (including phenoxy) is 1. The van der Waals surface area contributed by atoms with Crippen LogP contribution in [-0.2, 0) is 11.4 Å². The fraction of sp³-hybridized carbons (Fsp3) is 0.538. The molecule has 0 aliphatic rings. The van der Waals surface area contributed by atoms with Gasteiger partial charge in [0.1, 0.15) is 28.1 Å². The molecule has 1 rings (SSSR count). The third-order valence-corrected chi connectivity index (χ3v) is 3.62. The van der Waals surface area contributed by atoms with E-state index in [0.29, 0.717) is 11.3 Å². The minimum absolute atomic E-state index is 0.0569. The quantitative estimate of drug-likeness (QED) is 0.632. The number of aryl methyl sites for hydroxylation is 1. The van der Waals surface area contributed by atoms with Crippen molar-refractivity contribution >= 4 is 17.6 Å². The lowest BCUT2D eigenvalue weighted by Crippen LogP contribution is -2.25. The summed E-state index contributed by atoms with van der Waals surface area (Å²) < 4.78 is 56.0. The molecule has 0 radical (unpaired) electrons. The zero-order valence-corrected chi connectivity index (χ0v) is 13.0. The van der Waals surface area contributed by atoms with Crippen LogP contribution in [0.3, 0.4) is 0 Å². The van der Waals surface area contributed by atoms with Gasteiger partial charge in [-0.25, -0.2) is 0 Å². The maximum absolute atomic E-state index is 12.1. The fourth-order valence-electron chi connectivity index (χ4n) is 1.21. The highest BCUT2D eigenvalue weighted by Gasteiger charge is 2.29. The number of aromatic nitrogens is 1. The van der Waals surface area contributed by atoms with Crippen LogP contribution in [0.2, 0.25) is 0 Å². The zero-order chi connectivity index (χ0) is 16.3. The minimum Gasteiger partial charge on any atom is -0.591 e. The Morgan fingerprint density at radius 3 is 2.48 bits per heavy atom. The second-order valence-electron chi connectivity index (χ2n) is 5.37. The molecule has 0 bridgehead atoms. The number of halogens is 3. The molecule has 0 saturated heterocycles. The summed E-state index contributed by atoms with van der Waals surface area (Å²) in [4.78, 5) is 3.92. The van der Waals surface area contributed by atoms with Crippen LogP contribution >= 0.6 is 0 Å². The van der Waals surface area contributed by atoms with E-state index in [2.05, 4.69) is 14.1 Å².